The molecule has 0 bridgehead atoms. The summed E-state index contributed by atoms with van der Waals surface area (Å²) in [6, 6.07) is 2.22. The number of ether oxygens (including phenoxy) is 1. The Labute approximate surface area is 112 Å². The molecule has 5 nitrogen and oxygen atoms in total. The van der Waals surface area contributed by atoms with Crippen LogP contribution in [0.5, 0.6) is 0 Å². The Balaban J connectivity index is 2.92. The van der Waals surface area contributed by atoms with Crippen molar-refractivity contribution in [1.29, 1.82) is 0 Å². The number of hydrogen-bond acceptors (Lipinski definition) is 4. The number of aromatic nitrogens is 2. The number of aliphatic carboxylic acids is 1. The van der Waals surface area contributed by atoms with Gasteiger partial charge < -0.3 is 9.84 Å². The van der Waals surface area contributed by atoms with Crippen molar-refractivity contribution in [3.8, 4) is 0 Å². The van der Waals surface area contributed by atoms with Crippen molar-refractivity contribution in [2.24, 2.45) is 0 Å². The first-order valence-corrected chi connectivity index (χ1v) is 7.02. The minimum absolute atomic E-state index is 0.0538. The van der Waals surface area contributed by atoms with Crippen LogP contribution in [0, 0.1) is 0 Å². The van der Waals surface area contributed by atoms with Gasteiger partial charge in [0.25, 0.3) is 0 Å². The third-order valence-corrected chi connectivity index (χ3v) is 3.67. The lowest BCUT2D eigenvalue weighted by atomic mass is 10.2. The molecule has 0 aromatic carbocycles. The summed E-state index contributed by atoms with van der Waals surface area (Å²) in [5, 5.41) is 14.2. The molecular weight excluding hydrogens is 252 g/mol. The van der Waals surface area contributed by atoms with E-state index in [-0.39, 0.29) is 5.75 Å². The van der Waals surface area contributed by atoms with E-state index in [1.54, 1.807) is 7.11 Å². The van der Waals surface area contributed by atoms with Crippen molar-refractivity contribution in [3.63, 3.8) is 0 Å². The van der Waals surface area contributed by atoms with Gasteiger partial charge in [0.05, 0.1) is 29.1 Å². The van der Waals surface area contributed by atoms with Gasteiger partial charge in [-0.05, 0) is 18.9 Å². The summed E-state index contributed by atoms with van der Waals surface area (Å²) in [4.78, 5) is 10.7. The third kappa shape index (κ3) is 4.03. The topological polar surface area (TPSA) is 64.4 Å². The van der Waals surface area contributed by atoms with Gasteiger partial charge in [-0.15, -0.1) is 0 Å². The molecule has 102 valence electrons. The fraction of sp³-hybridized carbons (Fsp3) is 0.667. The van der Waals surface area contributed by atoms with Crippen molar-refractivity contribution in [2.75, 3.05) is 12.9 Å². The van der Waals surface area contributed by atoms with Crippen LogP contribution >= 0.6 is 11.8 Å². The van der Waals surface area contributed by atoms with Crippen LogP contribution in [0.1, 0.15) is 38.4 Å². The molecule has 0 aliphatic rings. The highest BCUT2D eigenvalue weighted by Crippen LogP contribution is 2.26. The van der Waals surface area contributed by atoms with Gasteiger partial charge >= 0.3 is 5.97 Å². The molecule has 0 unspecified atom stereocenters. The smallest absolute Gasteiger partial charge is 0.313 e. The first-order valence-electron chi connectivity index (χ1n) is 6.04. The van der Waals surface area contributed by atoms with Crippen LogP contribution in [0.25, 0.3) is 0 Å². The summed E-state index contributed by atoms with van der Waals surface area (Å²) in [5.41, 5.74) is 0.845. The molecule has 1 aromatic heterocycles. The van der Waals surface area contributed by atoms with Gasteiger partial charge in [0.2, 0.25) is 0 Å². The molecule has 0 amide bonds. The second-order valence-electron chi connectivity index (χ2n) is 4.00. The zero-order valence-electron chi connectivity index (χ0n) is 11.0. The highest BCUT2D eigenvalue weighted by molar-refractivity contribution is 7.99. The van der Waals surface area contributed by atoms with Crippen LogP contribution in [0.15, 0.2) is 11.1 Å². The van der Waals surface area contributed by atoms with Crippen molar-refractivity contribution in [1.82, 2.24) is 9.78 Å². The molecule has 0 atom stereocenters. The Morgan fingerprint density at radius 2 is 2.22 bits per heavy atom. The van der Waals surface area contributed by atoms with E-state index in [0.29, 0.717) is 12.6 Å². The molecular formula is C12H20N2O3S. The van der Waals surface area contributed by atoms with Crippen LogP contribution in [-0.4, -0.2) is 33.7 Å². The number of nitrogens with zero attached hydrogens (tertiary/aromatic N) is 2. The summed E-state index contributed by atoms with van der Waals surface area (Å²) < 4.78 is 7.00. The number of thioether (sulfide) groups is 1. The molecule has 0 saturated heterocycles. The van der Waals surface area contributed by atoms with Gasteiger partial charge in [-0.2, -0.15) is 5.10 Å². The summed E-state index contributed by atoms with van der Waals surface area (Å²) in [7, 11) is 1.63. The van der Waals surface area contributed by atoms with Crippen molar-refractivity contribution >= 4 is 17.7 Å². The SMILES string of the molecule is CCC(CC)n1nc(COC)cc1SCC(=O)O. The zero-order valence-corrected chi connectivity index (χ0v) is 11.9. The number of carboxylic acid groups (broad SMARTS) is 1. The molecule has 18 heavy (non-hydrogen) atoms. The largest absolute Gasteiger partial charge is 0.481 e. The lowest BCUT2D eigenvalue weighted by Gasteiger charge is -2.15. The second-order valence-corrected chi connectivity index (χ2v) is 5.00. The lowest BCUT2D eigenvalue weighted by Crippen LogP contribution is -2.11. The summed E-state index contributed by atoms with van der Waals surface area (Å²) >= 11 is 1.31. The maximum Gasteiger partial charge on any atom is 0.313 e. The lowest BCUT2D eigenvalue weighted by molar-refractivity contribution is -0.133. The molecule has 0 aliphatic carbocycles. The minimum Gasteiger partial charge on any atom is -0.481 e. The third-order valence-electron chi connectivity index (χ3n) is 2.68. The molecule has 0 spiro atoms. The van der Waals surface area contributed by atoms with Crippen molar-refractivity contribution < 1.29 is 14.6 Å². The van der Waals surface area contributed by atoms with Gasteiger partial charge in [-0.1, -0.05) is 25.6 Å². The predicted molar refractivity (Wildman–Crippen MR) is 70.9 cm³/mol. The van der Waals surface area contributed by atoms with E-state index in [9.17, 15) is 4.79 Å². The van der Waals surface area contributed by atoms with E-state index in [4.69, 9.17) is 9.84 Å². The van der Waals surface area contributed by atoms with E-state index in [0.717, 1.165) is 23.6 Å². The number of hydrogen-bond donors (Lipinski definition) is 1. The average Bonchev–Trinajstić information content (AvgIpc) is 2.72. The Morgan fingerprint density at radius 1 is 1.56 bits per heavy atom. The fourth-order valence-corrected chi connectivity index (χ4v) is 2.60. The molecule has 0 aliphatic heterocycles. The Bertz CT molecular complexity index is 389. The van der Waals surface area contributed by atoms with Gasteiger partial charge in [0.15, 0.2) is 0 Å². The minimum atomic E-state index is -0.814. The van der Waals surface area contributed by atoms with Crippen LogP contribution < -0.4 is 0 Å². The van der Waals surface area contributed by atoms with E-state index < -0.39 is 5.97 Å². The molecule has 6 heteroatoms. The first-order chi connectivity index (χ1) is 8.62. The van der Waals surface area contributed by atoms with E-state index in [2.05, 4.69) is 18.9 Å². The molecule has 1 N–H and O–H groups in total. The number of methoxy groups -OCH3 is 1. The molecule has 1 aromatic rings. The Kier molecular flexibility index (Phi) is 6.21. The van der Waals surface area contributed by atoms with Crippen molar-refractivity contribution in [2.45, 2.75) is 44.4 Å². The standard InChI is InChI=1S/C12H20N2O3S/c1-4-10(5-2)14-11(18-8-12(15)16)6-9(13-14)7-17-3/h6,10H,4-5,7-8H2,1-3H3,(H,15,16). The fourth-order valence-electron chi connectivity index (χ4n) is 1.78. The molecule has 0 fully saturated rings. The molecule has 0 radical (unpaired) electrons. The summed E-state index contributed by atoms with van der Waals surface area (Å²) in [6.07, 6.45) is 1.95. The maximum atomic E-state index is 10.7. The maximum absolute atomic E-state index is 10.7. The van der Waals surface area contributed by atoms with Crippen LogP contribution in [0.4, 0.5) is 0 Å². The average molecular weight is 272 g/mol. The highest BCUT2D eigenvalue weighted by Gasteiger charge is 2.15. The quantitative estimate of drug-likeness (QED) is 0.737. The normalized spacial score (nSPS) is 11.1. The number of rotatable bonds is 8. The summed E-state index contributed by atoms with van der Waals surface area (Å²) in [6.45, 7) is 4.67. The van der Waals surface area contributed by atoms with E-state index >= 15 is 0 Å². The van der Waals surface area contributed by atoms with E-state index in [1.807, 2.05) is 10.7 Å². The highest BCUT2D eigenvalue weighted by atomic mass is 32.2. The number of carbonyl (C=O) groups is 1. The predicted octanol–water partition coefficient (Wildman–Crippen LogP) is 2.57. The van der Waals surface area contributed by atoms with Gasteiger partial charge in [0, 0.05) is 7.11 Å². The summed E-state index contributed by atoms with van der Waals surface area (Å²) in [5.74, 6) is -0.760. The molecule has 1 rings (SSSR count). The first kappa shape index (κ1) is 15.0. The van der Waals surface area contributed by atoms with Gasteiger partial charge in [0.1, 0.15) is 0 Å². The molecule has 1 heterocycles. The van der Waals surface area contributed by atoms with E-state index in [1.165, 1.54) is 11.8 Å². The number of carboxylic acids is 1. The van der Waals surface area contributed by atoms with Crippen LogP contribution in [0.3, 0.4) is 0 Å². The molecule has 0 saturated carbocycles. The monoisotopic (exact) mass is 272 g/mol. The Morgan fingerprint density at radius 3 is 2.72 bits per heavy atom. The second kappa shape index (κ2) is 7.43. The zero-order chi connectivity index (χ0) is 13.5. The van der Waals surface area contributed by atoms with Crippen LogP contribution in [-0.2, 0) is 16.1 Å². The Hall–Kier alpha value is -1.01. The van der Waals surface area contributed by atoms with Crippen molar-refractivity contribution in [3.05, 3.63) is 11.8 Å². The van der Waals surface area contributed by atoms with Crippen LogP contribution in [0.2, 0.25) is 0 Å². The van der Waals surface area contributed by atoms with Gasteiger partial charge in [-0.25, -0.2) is 0 Å². The van der Waals surface area contributed by atoms with Gasteiger partial charge in [-0.3, -0.25) is 9.48 Å².